The van der Waals surface area contributed by atoms with Crippen LogP contribution in [0, 0.1) is 5.82 Å². The summed E-state index contributed by atoms with van der Waals surface area (Å²) >= 11 is 0. The topological polar surface area (TPSA) is 72.6 Å². The number of oxazole rings is 1. The molecular weight excluding hydrogens is 373 g/mol. The first kappa shape index (κ1) is 20.1. The van der Waals surface area contributed by atoms with Crippen LogP contribution in [0.25, 0.3) is 22.6 Å². The Morgan fingerprint density at radius 1 is 1.03 bits per heavy atom. The summed E-state index contributed by atoms with van der Waals surface area (Å²) in [5.74, 6) is -1.35. The highest BCUT2D eigenvalue weighted by molar-refractivity contribution is 5.78. The zero-order valence-electron chi connectivity index (χ0n) is 16.0. The molecule has 1 aromatic heterocycles. The van der Waals surface area contributed by atoms with E-state index in [1.54, 1.807) is 48.5 Å². The summed E-state index contributed by atoms with van der Waals surface area (Å²) < 4.78 is 25.3. The Hall–Kier alpha value is -3.67. The molecule has 0 amide bonds. The van der Waals surface area contributed by atoms with Crippen molar-refractivity contribution < 1.29 is 23.4 Å². The molecule has 5 nitrogen and oxygen atoms in total. The van der Waals surface area contributed by atoms with E-state index in [1.165, 1.54) is 18.2 Å². The molecule has 3 aromatic carbocycles. The van der Waals surface area contributed by atoms with Crippen LogP contribution in [0.2, 0.25) is 0 Å². The highest BCUT2D eigenvalue weighted by atomic mass is 19.1. The predicted octanol–water partition coefficient (Wildman–Crippen LogP) is 5.86. The first-order chi connectivity index (χ1) is 14.1. The molecule has 0 radical (unpaired) electrons. The lowest BCUT2D eigenvalue weighted by Crippen LogP contribution is -2.18. The van der Waals surface area contributed by atoms with Crippen LogP contribution in [0.3, 0.4) is 0 Å². The molecule has 0 aliphatic heterocycles. The molecule has 4 rings (SSSR count). The van der Waals surface area contributed by atoms with Gasteiger partial charge in [0.1, 0.15) is 17.1 Å². The molecule has 0 spiro atoms. The molecule has 29 heavy (non-hydrogen) atoms. The number of hydrogen-bond acceptors (Lipinski definition) is 4. The van der Waals surface area contributed by atoms with Crippen LogP contribution in [0.1, 0.15) is 25.5 Å². The van der Waals surface area contributed by atoms with E-state index in [2.05, 4.69) is 4.98 Å². The SMILES string of the molecule is CC.O=C(O)C(Oc1ccc(F)cc1-c1nc2ccccc2o1)c1ccccc1. The van der Waals surface area contributed by atoms with Crippen molar-refractivity contribution in [2.75, 3.05) is 0 Å². The summed E-state index contributed by atoms with van der Waals surface area (Å²) in [6, 6.07) is 19.5. The van der Waals surface area contributed by atoms with E-state index >= 15 is 0 Å². The Kier molecular flexibility index (Phi) is 6.24. The molecule has 0 bridgehead atoms. The van der Waals surface area contributed by atoms with Crippen molar-refractivity contribution >= 4 is 17.1 Å². The molecular formula is C23H20FNO4. The Morgan fingerprint density at radius 2 is 1.72 bits per heavy atom. The molecule has 1 unspecified atom stereocenters. The average molecular weight is 393 g/mol. The fourth-order valence-electron chi connectivity index (χ4n) is 2.78. The van der Waals surface area contributed by atoms with Gasteiger partial charge in [-0.25, -0.2) is 14.2 Å². The Labute approximate surface area is 167 Å². The quantitative estimate of drug-likeness (QED) is 0.459. The molecule has 0 aliphatic carbocycles. The number of carbonyl (C=O) groups is 1. The second kappa shape index (κ2) is 9.01. The van der Waals surface area contributed by atoms with Gasteiger partial charge in [0, 0.05) is 5.56 Å². The Bertz CT molecular complexity index is 1080. The van der Waals surface area contributed by atoms with Gasteiger partial charge in [-0.15, -0.1) is 0 Å². The number of halogens is 1. The minimum absolute atomic E-state index is 0.155. The summed E-state index contributed by atoms with van der Waals surface area (Å²) in [5, 5.41) is 9.58. The molecule has 0 aliphatic rings. The second-order valence-electron chi connectivity index (χ2n) is 5.87. The normalized spacial score (nSPS) is 11.4. The van der Waals surface area contributed by atoms with Crippen molar-refractivity contribution in [3.8, 4) is 17.2 Å². The third-order valence-corrected chi connectivity index (χ3v) is 4.04. The monoisotopic (exact) mass is 393 g/mol. The Balaban J connectivity index is 0.00000117. The zero-order valence-corrected chi connectivity index (χ0v) is 16.0. The standard InChI is InChI=1S/C21H14FNO4.C2H6/c22-14-10-11-17(26-19(21(24)25)13-6-2-1-3-7-13)15(12-14)20-23-16-8-4-5-9-18(16)27-20;1-2/h1-12,19H,(H,24,25);1-2H3. The van der Waals surface area contributed by atoms with Gasteiger partial charge in [-0.2, -0.15) is 0 Å². The van der Waals surface area contributed by atoms with E-state index in [0.29, 0.717) is 16.7 Å². The van der Waals surface area contributed by atoms with Gasteiger partial charge in [-0.1, -0.05) is 56.3 Å². The number of ether oxygens (including phenoxy) is 1. The van der Waals surface area contributed by atoms with Gasteiger partial charge in [0.15, 0.2) is 5.58 Å². The summed E-state index contributed by atoms with van der Waals surface area (Å²) in [6.07, 6.45) is -1.25. The van der Waals surface area contributed by atoms with Gasteiger partial charge >= 0.3 is 5.97 Å². The predicted molar refractivity (Wildman–Crippen MR) is 108 cm³/mol. The average Bonchev–Trinajstić information content (AvgIpc) is 3.19. The van der Waals surface area contributed by atoms with Crippen molar-refractivity contribution in [2.45, 2.75) is 20.0 Å². The number of aliphatic carboxylic acids is 1. The minimum Gasteiger partial charge on any atom is -0.478 e. The van der Waals surface area contributed by atoms with Gasteiger partial charge in [0.05, 0.1) is 5.56 Å². The summed E-state index contributed by atoms with van der Waals surface area (Å²) in [5.41, 5.74) is 1.87. The van der Waals surface area contributed by atoms with E-state index in [-0.39, 0.29) is 17.2 Å². The lowest BCUT2D eigenvalue weighted by molar-refractivity contribution is -0.145. The van der Waals surface area contributed by atoms with Gasteiger partial charge in [0.2, 0.25) is 12.0 Å². The van der Waals surface area contributed by atoms with Crippen molar-refractivity contribution in [2.24, 2.45) is 0 Å². The number of carboxylic acid groups (broad SMARTS) is 1. The Morgan fingerprint density at radius 3 is 2.41 bits per heavy atom. The number of carboxylic acids is 1. The van der Waals surface area contributed by atoms with E-state index in [1.807, 2.05) is 19.9 Å². The van der Waals surface area contributed by atoms with Gasteiger partial charge in [0.25, 0.3) is 0 Å². The van der Waals surface area contributed by atoms with Crippen molar-refractivity contribution in [1.82, 2.24) is 4.98 Å². The maximum absolute atomic E-state index is 13.9. The molecule has 1 N–H and O–H groups in total. The highest BCUT2D eigenvalue weighted by Crippen LogP contribution is 2.35. The van der Waals surface area contributed by atoms with Gasteiger partial charge in [-0.05, 0) is 30.3 Å². The van der Waals surface area contributed by atoms with Crippen molar-refractivity contribution in [3.63, 3.8) is 0 Å². The molecule has 6 heteroatoms. The molecule has 4 aromatic rings. The molecule has 1 atom stereocenters. The van der Waals surface area contributed by atoms with E-state index in [9.17, 15) is 14.3 Å². The van der Waals surface area contributed by atoms with Crippen LogP contribution >= 0.6 is 0 Å². The number of rotatable bonds is 5. The molecule has 1 heterocycles. The minimum atomic E-state index is -1.25. The van der Waals surface area contributed by atoms with Gasteiger partial charge < -0.3 is 14.3 Å². The summed E-state index contributed by atoms with van der Waals surface area (Å²) in [6.45, 7) is 4.00. The van der Waals surface area contributed by atoms with Crippen molar-refractivity contribution in [1.29, 1.82) is 0 Å². The fraction of sp³-hybridized carbons (Fsp3) is 0.130. The van der Waals surface area contributed by atoms with Crippen LogP contribution in [0.15, 0.2) is 77.2 Å². The zero-order chi connectivity index (χ0) is 20.8. The maximum atomic E-state index is 13.9. The number of benzene rings is 3. The smallest absolute Gasteiger partial charge is 0.349 e. The van der Waals surface area contributed by atoms with E-state index < -0.39 is 17.9 Å². The first-order valence-electron chi connectivity index (χ1n) is 9.22. The van der Waals surface area contributed by atoms with Crippen molar-refractivity contribution in [3.05, 3.63) is 84.2 Å². The molecule has 0 saturated heterocycles. The lowest BCUT2D eigenvalue weighted by Gasteiger charge is -2.17. The fourth-order valence-corrected chi connectivity index (χ4v) is 2.78. The second-order valence-corrected chi connectivity index (χ2v) is 5.87. The molecule has 0 saturated carbocycles. The number of nitrogens with zero attached hydrogens (tertiary/aromatic N) is 1. The maximum Gasteiger partial charge on any atom is 0.349 e. The van der Waals surface area contributed by atoms with Gasteiger partial charge in [-0.3, -0.25) is 0 Å². The third-order valence-electron chi connectivity index (χ3n) is 4.04. The van der Waals surface area contributed by atoms with Crippen LogP contribution in [-0.2, 0) is 4.79 Å². The number of fused-ring (bicyclic) bond motifs is 1. The van der Waals surface area contributed by atoms with Crippen LogP contribution in [-0.4, -0.2) is 16.1 Å². The van der Waals surface area contributed by atoms with E-state index in [4.69, 9.17) is 9.15 Å². The molecule has 0 fully saturated rings. The van der Waals surface area contributed by atoms with Crippen LogP contribution in [0.4, 0.5) is 4.39 Å². The largest absolute Gasteiger partial charge is 0.478 e. The number of para-hydroxylation sites is 2. The third kappa shape index (κ3) is 4.43. The highest BCUT2D eigenvalue weighted by Gasteiger charge is 2.24. The number of aromatic nitrogens is 1. The molecule has 148 valence electrons. The van der Waals surface area contributed by atoms with E-state index in [0.717, 1.165) is 0 Å². The first-order valence-corrected chi connectivity index (χ1v) is 9.22. The number of hydrogen-bond donors (Lipinski definition) is 1. The summed E-state index contributed by atoms with van der Waals surface area (Å²) in [4.78, 5) is 16.1. The van der Waals surface area contributed by atoms with Crippen LogP contribution < -0.4 is 4.74 Å². The van der Waals surface area contributed by atoms with Crippen LogP contribution in [0.5, 0.6) is 5.75 Å². The summed E-state index contributed by atoms with van der Waals surface area (Å²) in [7, 11) is 0. The lowest BCUT2D eigenvalue weighted by atomic mass is 10.1.